The first-order chi connectivity index (χ1) is 9.41. The molecule has 0 aromatic rings. The maximum absolute atomic E-state index is 12.1. The van der Waals surface area contributed by atoms with Crippen molar-refractivity contribution in [1.29, 1.82) is 0 Å². The maximum atomic E-state index is 12.1. The van der Waals surface area contributed by atoms with E-state index in [1.54, 1.807) is 34.6 Å². The van der Waals surface area contributed by atoms with Crippen molar-refractivity contribution in [2.75, 3.05) is 13.2 Å². The van der Waals surface area contributed by atoms with Gasteiger partial charge < -0.3 is 25.6 Å². The van der Waals surface area contributed by atoms with Crippen LogP contribution in [0.2, 0.25) is 0 Å². The first-order valence-electron chi connectivity index (χ1n) is 6.99. The highest BCUT2D eigenvalue weighted by atomic mass is 16.6. The van der Waals surface area contributed by atoms with Crippen LogP contribution in [0.4, 0.5) is 4.79 Å². The Bertz CT molecular complexity index is 408. The number of nitrogens with two attached hydrogens (primary N) is 1. The lowest BCUT2D eigenvalue weighted by Gasteiger charge is -2.45. The number of carbonyl (C=O) groups excluding carboxylic acids is 1. The first kappa shape index (κ1) is 17.7. The summed E-state index contributed by atoms with van der Waals surface area (Å²) in [4.78, 5) is 23.3. The lowest BCUT2D eigenvalue weighted by molar-refractivity contribution is -0.143. The van der Waals surface area contributed by atoms with Gasteiger partial charge >= 0.3 is 12.1 Å². The number of aliphatic carboxylic acids is 1. The Morgan fingerprint density at radius 2 is 1.90 bits per heavy atom. The molecule has 1 aliphatic rings. The molecule has 7 heteroatoms. The highest BCUT2D eigenvalue weighted by molar-refractivity contribution is 5.75. The van der Waals surface area contributed by atoms with E-state index in [0.717, 1.165) is 0 Å². The van der Waals surface area contributed by atoms with Gasteiger partial charge in [-0.1, -0.05) is 13.8 Å². The van der Waals surface area contributed by atoms with Crippen molar-refractivity contribution in [2.24, 2.45) is 11.1 Å². The molecule has 1 aliphatic heterocycles. The summed E-state index contributed by atoms with van der Waals surface area (Å²) < 4.78 is 10.7. The van der Waals surface area contributed by atoms with E-state index in [2.05, 4.69) is 5.32 Å². The summed E-state index contributed by atoms with van der Waals surface area (Å²) in [6.45, 7) is 9.37. The quantitative estimate of drug-likeness (QED) is 0.717. The van der Waals surface area contributed by atoms with Crippen molar-refractivity contribution in [1.82, 2.24) is 5.32 Å². The van der Waals surface area contributed by atoms with Crippen molar-refractivity contribution < 1.29 is 24.2 Å². The molecule has 2 atom stereocenters. The Kier molecular flexibility index (Phi) is 4.90. The van der Waals surface area contributed by atoms with Crippen molar-refractivity contribution in [2.45, 2.75) is 58.2 Å². The Balaban J connectivity index is 2.99. The number of alkyl carbamates (subject to hydrolysis) is 1. The Morgan fingerprint density at radius 3 is 2.29 bits per heavy atom. The molecule has 1 rings (SSSR count). The number of nitrogens with one attached hydrogen (secondary N) is 1. The van der Waals surface area contributed by atoms with Gasteiger partial charge in [-0.05, 0) is 27.2 Å². The molecular weight excluding hydrogens is 276 g/mol. The fourth-order valence-corrected chi connectivity index (χ4v) is 2.44. The number of carboxylic acids is 1. The van der Waals surface area contributed by atoms with Crippen LogP contribution in [0, 0.1) is 5.41 Å². The van der Waals surface area contributed by atoms with Crippen LogP contribution in [0.1, 0.15) is 41.0 Å². The van der Waals surface area contributed by atoms with Crippen molar-refractivity contribution in [3.05, 3.63) is 0 Å². The molecule has 1 amide bonds. The molecular formula is C14H26N2O5. The monoisotopic (exact) mass is 302 g/mol. The maximum Gasteiger partial charge on any atom is 0.408 e. The molecule has 0 bridgehead atoms. The Labute approximate surface area is 125 Å². The van der Waals surface area contributed by atoms with Crippen molar-refractivity contribution in [3.8, 4) is 0 Å². The van der Waals surface area contributed by atoms with Gasteiger partial charge in [0, 0.05) is 12.0 Å². The molecule has 0 saturated carbocycles. The second-order valence-corrected chi connectivity index (χ2v) is 7.05. The second-order valence-electron chi connectivity index (χ2n) is 7.05. The zero-order valence-corrected chi connectivity index (χ0v) is 13.4. The fraction of sp³-hybridized carbons (Fsp3) is 0.857. The molecule has 0 aliphatic carbocycles. The number of hydrogen-bond acceptors (Lipinski definition) is 5. The summed E-state index contributed by atoms with van der Waals surface area (Å²) in [6, 6.07) is -1.13. The summed E-state index contributed by atoms with van der Waals surface area (Å²) in [5.41, 5.74) is 3.42. The van der Waals surface area contributed by atoms with Crippen LogP contribution in [0.25, 0.3) is 0 Å². The summed E-state index contributed by atoms with van der Waals surface area (Å²) in [6.07, 6.45) is -0.112. The summed E-state index contributed by atoms with van der Waals surface area (Å²) in [7, 11) is 0. The van der Waals surface area contributed by atoms with Crippen LogP contribution in [-0.2, 0) is 14.3 Å². The average molecular weight is 302 g/mol. The van der Waals surface area contributed by atoms with E-state index in [-0.39, 0.29) is 6.61 Å². The minimum Gasteiger partial charge on any atom is -0.480 e. The highest BCUT2D eigenvalue weighted by Crippen LogP contribution is 2.40. The minimum atomic E-state index is -1.13. The standard InChI is InChI=1S/C14H26N2O5/c1-12(2,3)21-11(19)16-14(6-7-20-8-14)13(4,5)9(15)10(17)18/h9H,6-8,15H2,1-5H3,(H,16,19)(H,17,18). The van der Waals surface area contributed by atoms with Gasteiger partial charge in [0.2, 0.25) is 0 Å². The molecule has 0 radical (unpaired) electrons. The van der Waals surface area contributed by atoms with E-state index >= 15 is 0 Å². The van der Waals surface area contributed by atoms with E-state index in [1.807, 2.05) is 0 Å². The number of amides is 1. The number of rotatable bonds is 4. The molecule has 7 nitrogen and oxygen atoms in total. The van der Waals surface area contributed by atoms with E-state index in [4.69, 9.17) is 15.2 Å². The summed E-state index contributed by atoms with van der Waals surface area (Å²) >= 11 is 0. The molecule has 0 aromatic heterocycles. The molecule has 4 N–H and O–H groups in total. The van der Waals surface area contributed by atoms with Gasteiger partial charge in [0.05, 0.1) is 12.1 Å². The van der Waals surface area contributed by atoms with Crippen LogP contribution in [0.5, 0.6) is 0 Å². The van der Waals surface area contributed by atoms with Gasteiger partial charge in [0.25, 0.3) is 0 Å². The van der Waals surface area contributed by atoms with Crippen LogP contribution >= 0.6 is 0 Å². The second kappa shape index (κ2) is 5.81. The van der Waals surface area contributed by atoms with Crippen molar-refractivity contribution >= 4 is 12.1 Å². The largest absolute Gasteiger partial charge is 0.480 e. The summed E-state index contributed by atoms with van der Waals surface area (Å²) in [5.74, 6) is -1.11. The lowest BCUT2D eigenvalue weighted by Crippen LogP contribution is -2.66. The molecule has 1 heterocycles. The predicted octanol–water partition coefficient (Wildman–Crippen LogP) is 1.11. The molecule has 122 valence electrons. The predicted molar refractivity (Wildman–Crippen MR) is 76.9 cm³/mol. The third kappa shape index (κ3) is 3.85. The van der Waals surface area contributed by atoms with Gasteiger partial charge in [0.15, 0.2) is 0 Å². The zero-order valence-electron chi connectivity index (χ0n) is 13.4. The van der Waals surface area contributed by atoms with Crippen LogP contribution in [-0.4, -0.2) is 47.6 Å². The van der Waals surface area contributed by atoms with Crippen molar-refractivity contribution in [3.63, 3.8) is 0 Å². The lowest BCUT2D eigenvalue weighted by atomic mass is 9.67. The smallest absolute Gasteiger partial charge is 0.408 e. The molecule has 1 saturated heterocycles. The third-order valence-corrected chi connectivity index (χ3v) is 4.04. The van der Waals surface area contributed by atoms with Gasteiger partial charge in [-0.15, -0.1) is 0 Å². The topological polar surface area (TPSA) is 111 Å². The molecule has 21 heavy (non-hydrogen) atoms. The van der Waals surface area contributed by atoms with E-state index in [1.165, 1.54) is 0 Å². The van der Waals surface area contributed by atoms with Gasteiger partial charge in [-0.2, -0.15) is 0 Å². The van der Waals surface area contributed by atoms with E-state index < -0.39 is 34.7 Å². The molecule has 0 spiro atoms. The van der Waals surface area contributed by atoms with E-state index in [9.17, 15) is 14.7 Å². The molecule has 1 fully saturated rings. The normalized spacial score (nSPS) is 24.5. The number of carbonyl (C=O) groups is 2. The van der Waals surface area contributed by atoms with Gasteiger partial charge in [0.1, 0.15) is 11.6 Å². The zero-order chi connectivity index (χ0) is 16.5. The minimum absolute atomic E-state index is 0.209. The van der Waals surface area contributed by atoms with Gasteiger partial charge in [-0.3, -0.25) is 4.79 Å². The summed E-state index contributed by atoms with van der Waals surface area (Å²) in [5, 5.41) is 12.0. The number of ether oxygens (including phenoxy) is 2. The number of carboxylic acid groups (broad SMARTS) is 1. The third-order valence-electron chi connectivity index (χ3n) is 4.04. The van der Waals surface area contributed by atoms with Crippen LogP contribution in [0.15, 0.2) is 0 Å². The number of hydrogen-bond donors (Lipinski definition) is 3. The Hall–Kier alpha value is -1.34. The molecule has 0 aromatic carbocycles. The fourth-order valence-electron chi connectivity index (χ4n) is 2.44. The highest BCUT2D eigenvalue weighted by Gasteiger charge is 2.54. The first-order valence-corrected chi connectivity index (χ1v) is 6.99. The molecule has 2 unspecified atom stereocenters. The Morgan fingerprint density at radius 1 is 1.33 bits per heavy atom. The van der Waals surface area contributed by atoms with Gasteiger partial charge in [-0.25, -0.2) is 4.79 Å². The van der Waals surface area contributed by atoms with Crippen LogP contribution in [0.3, 0.4) is 0 Å². The SMILES string of the molecule is CC(C)(C)OC(=O)NC1(C(C)(C)C(N)C(=O)O)CCOC1. The average Bonchev–Trinajstić information content (AvgIpc) is 2.75. The van der Waals surface area contributed by atoms with Crippen LogP contribution < -0.4 is 11.1 Å². The van der Waals surface area contributed by atoms with E-state index in [0.29, 0.717) is 13.0 Å².